The smallest absolute Gasteiger partial charge is 0.310 e. The van der Waals surface area contributed by atoms with Gasteiger partial charge in [0, 0.05) is 0 Å². The highest BCUT2D eigenvalue weighted by Crippen LogP contribution is 2.58. The fraction of sp³-hybridized carbons (Fsp3) is 0.875. The number of hydrogen-bond acceptors (Lipinski definition) is 2. The highest BCUT2D eigenvalue weighted by molar-refractivity contribution is 5.87. The molecule has 0 spiro atoms. The molecule has 0 unspecified atom stereocenters. The van der Waals surface area contributed by atoms with Gasteiger partial charge in [-0.3, -0.25) is 9.59 Å². The maximum absolute atomic E-state index is 12.0. The molecule has 0 bridgehead atoms. The Balaban J connectivity index is 2.35. The minimum atomic E-state index is -1.04. The third-order valence-corrected chi connectivity index (χ3v) is 5.98. The van der Waals surface area contributed by atoms with E-state index in [4.69, 9.17) is 0 Å². The van der Waals surface area contributed by atoms with Gasteiger partial charge < -0.3 is 10.2 Å². The van der Waals surface area contributed by atoms with Gasteiger partial charge in [-0.15, -0.1) is 0 Å². The highest BCUT2D eigenvalue weighted by Gasteiger charge is 2.61. The van der Waals surface area contributed by atoms with Crippen LogP contribution in [0.25, 0.3) is 0 Å². The second-order valence-corrected chi connectivity index (χ2v) is 6.69. The highest BCUT2D eigenvalue weighted by atomic mass is 16.4. The van der Waals surface area contributed by atoms with E-state index in [0.717, 1.165) is 38.5 Å². The van der Waals surface area contributed by atoms with Crippen molar-refractivity contribution in [1.29, 1.82) is 0 Å². The van der Waals surface area contributed by atoms with Crippen molar-refractivity contribution in [3.05, 3.63) is 0 Å². The lowest BCUT2D eigenvalue weighted by molar-refractivity contribution is -0.183. The molecule has 2 aliphatic carbocycles. The van der Waals surface area contributed by atoms with Gasteiger partial charge in [0.2, 0.25) is 0 Å². The second kappa shape index (κ2) is 5.74. The Morgan fingerprint density at radius 2 is 1.35 bits per heavy atom. The van der Waals surface area contributed by atoms with Gasteiger partial charge in [-0.25, -0.2) is 0 Å². The Kier molecular flexibility index (Phi) is 4.40. The van der Waals surface area contributed by atoms with Crippen LogP contribution in [0.5, 0.6) is 0 Å². The van der Waals surface area contributed by atoms with Crippen LogP contribution in [-0.2, 0) is 9.59 Å². The molecular weight excluding hydrogens is 256 g/mol. The van der Waals surface area contributed by atoms with E-state index >= 15 is 0 Å². The number of rotatable bonds is 4. The topological polar surface area (TPSA) is 74.6 Å². The van der Waals surface area contributed by atoms with Gasteiger partial charge in [-0.2, -0.15) is 0 Å². The predicted molar refractivity (Wildman–Crippen MR) is 75.5 cm³/mol. The number of carbonyl (C=O) groups is 2. The lowest BCUT2D eigenvalue weighted by Gasteiger charge is -2.50. The first kappa shape index (κ1) is 15.3. The van der Waals surface area contributed by atoms with Crippen molar-refractivity contribution >= 4 is 11.9 Å². The summed E-state index contributed by atoms with van der Waals surface area (Å²) in [5, 5.41) is 19.7. The van der Waals surface area contributed by atoms with Gasteiger partial charge in [0.15, 0.2) is 0 Å². The van der Waals surface area contributed by atoms with Crippen molar-refractivity contribution in [1.82, 2.24) is 0 Å². The van der Waals surface area contributed by atoms with Gasteiger partial charge in [0.05, 0.1) is 10.8 Å². The molecule has 2 rings (SSSR count). The summed E-state index contributed by atoms with van der Waals surface area (Å²) in [4.78, 5) is 24.0. The standard InChI is InChI=1S/C16H26O4/c1-2-12-6-10-16(11-7-12,14(19)20)15(13(17)18)8-4-3-5-9-15/h12H,2-11H2,1H3,(H,17,18)(H,19,20)/t12-,16-. The fourth-order valence-electron chi connectivity index (χ4n) is 4.53. The largest absolute Gasteiger partial charge is 0.481 e. The van der Waals surface area contributed by atoms with E-state index in [0.29, 0.717) is 31.6 Å². The molecule has 0 atom stereocenters. The van der Waals surface area contributed by atoms with Gasteiger partial charge in [-0.1, -0.05) is 32.6 Å². The zero-order valence-electron chi connectivity index (χ0n) is 12.4. The molecule has 0 aliphatic heterocycles. The van der Waals surface area contributed by atoms with E-state index in [-0.39, 0.29) is 0 Å². The maximum Gasteiger partial charge on any atom is 0.310 e. The summed E-state index contributed by atoms with van der Waals surface area (Å²) in [6.07, 6.45) is 7.64. The van der Waals surface area contributed by atoms with Gasteiger partial charge in [0.25, 0.3) is 0 Å². The molecule has 0 aromatic rings. The zero-order chi connectivity index (χ0) is 14.8. The lowest BCUT2D eigenvalue weighted by atomic mass is 9.51. The van der Waals surface area contributed by atoms with Crippen LogP contribution >= 0.6 is 0 Å². The van der Waals surface area contributed by atoms with Crippen LogP contribution in [0.4, 0.5) is 0 Å². The first-order valence-corrected chi connectivity index (χ1v) is 7.95. The zero-order valence-corrected chi connectivity index (χ0v) is 12.4. The molecule has 2 saturated carbocycles. The van der Waals surface area contributed by atoms with Gasteiger partial charge in [-0.05, 0) is 44.4 Å². The van der Waals surface area contributed by atoms with Gasteiger partial charge >= 0.3 is 11.9 Å². The molecule has 4 heteroatoms. The van der Waals surface area contributed by atoms with Crippen LogP contribution < -0.4 is 0 Å². The molecule has 4 nitrogen and oxygen atoms in total. The van der Waals surface area contributed by atoms with E-state index in [1.807, 2.05) is 0 Å². The molecule has 2 N–H and O–H groups in total. The van der Waals surface area contributed by atoms with Crippen LogP contribution in [0.2, 0.25) is 0 Å². The molecule has 0 aromatic carbocycles. The number of aliphatic carboxylic acids is 2. The molecule has 0 saturated heterocycles. The summed E-state index contributed by atoms with van der Waals surface area (Å²) < 4.78 is 0. The number of hydrogen-bond donors (Lipinski definition) is 2. The van der Waals surface area contributed by atoms with Crippen LogP contribution in [0, 0.1) is 16.7 Å². The average Bonchev–Trinajstić information content (AvgIpc) is 2.47. The molecule has 2 aliphatic rings. The summed E-state index contributed by atoms with van der Waals surface area (Å²) >= 11 is 0. The van der Waals surface area contributed by atoms with Crippen molar-refractivity contribution in [3.8, 4) is 0 Å². The average molecular weight is 282 g/mol. The second-order valence-electron chi connectivity index (χ2n) is 6.69. The summed E-state index contributed by atoms with van der Waals surface area (Å²) in [7, 11) is 0. The van der Waals surface area contributed by atoms with Crippen molar-refractivity contribution in [3.63, 3.8) is 0 Å². The van der Waals surface area contributed by atoms with Crippen LogP contribution in [0.3, 0.4) is 0 Å². The number of carboxylic acids is 2. The van der Waals surface area contributed by atoms with E-state index < -0.39 is 22.8 Å². The minimum Gasteiger partial charge on any atom is -0.481 e. The summed E-state index contributed by atoms with van der Waals surface area (Å²) in [5.74, 6) is -1.19. The monoisotopic (exact) mass is 282 g/mol. The van der Waals surface area contributed by atoms with Crippen LogP contribution in [0.1, 0.15) is 71.1 Å². The summed E-state index contributed by atoms with van der Waals surface area (Å²) in [5.41, 5.74) is -2.07. The molecular formula is C16H26O4. The molecule has 20 heavy (non-hydrogen) atoms. The fourth-order valence-corrected chi connectivity index (χ4v) is 4.53. The quantitative estimate of drug-likeness (QED) is 0.824. The SMILES string of the molecule is CC[C@H]1CC[C@](C(=O)O)(C2(C(=O)O)CCCCC2)CC1. The van der Waals surface area contributed by atoms with E-state index in [1.165, 1.54) is 0 Å². The molecule has 0 amide bonds. The van der Waals surface area contributed by atoms with Crippen molar-refractivity contribution in [2.24, 2.45) is 16.7 Å². The normalized spacial score (nSPS) is 33.5. The predicted octanol–water partition coefficient (Wildman–Crippen LogP) is 3.69. The first-order chi connectivity index (χ1) is 9.48. The summed E-state index contributed by atoms with van der Waals surface area (Å²) in [6, 6.07) is 0. The third kappa shape index (κ3) is 2.23. The van der Waals surface area contributed by atoms with Crippen LogP contribution in [-0.4, -0.2) is 22.2 Å². The first-order valence-electron chi connectivity index (χ1n) is 7.95. The molecule has 114 valence electrons. The van der Waals surface area contributed by atoms with E-state index in [2.05, 4.69) is 6.92 Å². The van der Waals surface area contributed by atoms with Gasteiger partial charge in [0.1, 0.15) is 0 Å². The Bertz CT molecular complexity index is 374. The third-order valence-electron chi connectivity index (χ3n) is 5.98. The Hall–Kier alpha value is -1.06. The molecule has 0 heterocycles. The van der Waals surface area contributed by atoms with Crippen molar-refractivity contribution < 1.29 is 19.8 Å². The Morgan fingerprint density at radius 3 is 1.75 bits per heavy atom. The molecule has 0 radical (unpaired) electrons. The maximum atomic E-state index is 12.0. The van der Waals surface area contributed by atoms with E-state index in [1.54, 1.807) is 0 Å². The Labute approximate surface area is 120 Å². The minimum absolute atomic E-state index is 0.533. The van der Waals surface area contributed by atoms with Crippen molar-refractivity contribution in [2.75, 3.05) is 0 Å². The molecule has 0 aromatic heterocycles. The number of carboxylic acid groups (broad SMARTS) is 2. The molecule has 2 fully saturated rings. The van der Waals surface area contributed by atoms with Crippen molar-refractivity contribution in [2.45, 2.75) is 71.1 Å². The van der Waals surface area contributed by atoms with E-state index in [9.17, 15) is 19.8 Å². The van der Waals surface area contributed by atoms with Crippen LogP contribution in [0.15, 0.2) is 0 Å². The Morgan fingerprint density at radius 1 is 0.900 bits per heavy atom. The summed E-state index contributed by atoms with van der Waals surface area (Å²) in [6.45, 7) is 2.13. The lowest BCUT2D eigenvalue weighted by Crippen LogP contribution is -2.55.